The molecule has 4 N–H and O–H groups in total. The van der Waals surface area contributed by atoms with E-state index in [-0.39, 0.29) is 29.6 Å². The molecule has 3 atom stereocenters. The first kappa shape index (κ1) is 28.5. The van der Waals surface area contributed by atoms with Crippen molar-refractivity contribution in [2.75, 3.05) is 27.2 Å². The highest BCUT2D eigenvalue weighted by Gasteiger charge is 2.65. The van der Waals surface area contributed by atoms with Gasteiger partial charge in [0.15, 0.2) is 0 Å². The van der Waals surface area contributed by atoms with Gasteiger partial charge >= 0.3 is 5.69 Å². The van der Waals surface area contributed by atoms with E-state index in [2.05, 4.69) is 27.1 Å². The lowest BCUT2D eigenvalue weighted by atomic mass is 9.58. The van der Waals surface area contributed by atoms with E-state index in [0.717, 1.165) is 11.1 Å². The fraction of sp³-hybridized carbons (Fsp3) is 0.419. The van der Waals surface area contributed by atoms with Crippen LogP contribution in [0.1, 0.15) is 53.2 Å². The van der Waals surface area contributed by atoms with Gasteiger partial charge in [0, 0.05) is 56.3 Å². The maximum absolute atomic E-state index is 13.3. The molecule has 2 fully saturated rings. The highest BCUT2D eigenvalue weighted by atomic mass is 16.5. The number of nitrogens with one attached hydrogen (secondary N) is 3. The minimum Gasteiger partial charge on any atom is -0.507 e. The number of carbonyl (C=O) groups is 2. The molecule has 3 aromatic rings. The van der Waals surface area contributed by atoms with Crippen LogP contribution in [0, 0.1) is 6.92 Å². The molecule has 2 aromatic carbocycles. The zero-order valence-electron chi connectivity index (χ0n) is 23.8. The van der Waals surface area contributed by atoms with Gasteiger partial charge in [0.25, 0.3) is 11.5 Å². The lowest BCUT2D eigenvalue weighted by molar-refractivity contribution is -0.137. The van der Waals surface area contributed by atoms with Gasteiger partial charge in [-0.3, -0.25) is 24.3 Å². The first-order chi connectivity index (χ1) is 19.5. The Morgan fingerprint density at radius 1 is 1.17 bits per heavy atom. The van der Waals surface area contributed by atoms with Gasteiger partial charge in [-0.15, -0.1) is 0 Å². The van der Waals surface area contributed by atoms with E-state index in [1.165, 1.54) is 6.20 Å². The molecule has 5 rings (SSSR count). The van der Waals surface area contributed by atoms with E-state index in [9.17, 15) is 24.3 Å². The Bertz CT molecular complexity index is 1610. The van der Waals surface area contributed by atoms with E-state index in [4.69, 9.17) is 4.74 Å². The van der Waals surface area contributed by atoms with Gasteiger partial charge in [-0.25, -0.2) is 4.79 Å². The Labute approximate surface area is 237 Å². The molecule has 0 bridgehead atoms. The predicted octanol–water partition coefficient (Wildman–Crippen LogP) is 2.43. The van der Waals surface area contributed by atoms with Gasteiger partial charge < -0.3 is 20.1 Å². The summed E-state index contributed by atoms with van der Waals surface area (Å²) < 4.78 is 6.22. The third-order valence-corrected chi connectivity index (χ3v) is 9.20. The van der Waals surface area contributed by atoms with Crippen LogP contribution < -0.4 is 16.6 Å². The van der Waals surface area contributed by atoms with E-state index in [1.54, 1.807) is 25.3 Å². The van der Waals surface area contributed by atoms with Crippen molar-refractivity contribution < 1.29 is 19.4 Å². The molecule has 2 heterocycles. The number of aromatic hydroxyl groups is 1. The Balaban J connectivity index is 1.36. The fourth-order valence-corrected chi connectivity index (χ4v) is 7.07. The number of H-pyrrole nitrogens is 2. The summed E-state index contributed by atoms with van der Waals surface area (Å²) >= 11 is 0. The number of hydrogen-bond donors (Lipinski definition) is 4. The lowest BCUT2D eigenvalue weighted by Crippen LogP contribution is -2.59. The highest BCUT2D eigenvalue weighted by Crippen LogP contribution is 2.57. The second kappa shape index (κ2) is 10.8. The van der Waals surface area contributed by atoms with E-state index < -0.39 is 28.2 Å². The number of amides is 1. The summed E-state index contributed by atoms with van der Waals surface area (Å²) in [6.45, 7) is 4.85. The van der Waals surface area contributed by atoms with Crippen LogP contribution in [0.25, 0.3) is 11.1 Å². The van der Waals surface area contributed by atoms with E-state index in [1.807, 2.05) is 32.2 Å². The number of likely N-dealkylation sites (tertiary alicyclic amines) is 1. The number of methoxy groups -OCH3 is 1. The topological polar surface area (TPSA) is 145 Å². The number of benzene rings is 2. The summed E-state index contributed by atoms with van der Waals surface area (Å²) in [5.74, 6) is -0.372. The Morgan fingerprint density at radius 2 is 1.90 bits per heavy atom. The summed E-state index contributed by atoms with van der Waals surface area (Å²) in [5, 5.41) is 14.5. The maximum Gasteiger partial charge on any atom is 0.325 e. The highest BCUT2D eigenvalue weighted by molar-refractivity contribution is 5.98. The average molecular weight is 561 g/mol. The molecule has 1 saturated heterocycles. The second-order valence-electron chi connectivity index (χ2n) is 11.3. The summed E-state index contributed by atoms with van der Waals surface area (Å²) in [7, 11) is 3.68. The number of phenols is 1. The summed E-state index contributed by atoms with van der Waals surface area (Å²) in [4.78, 5) is 56.3. The normalized spacial score (nSPS) is 24.3. The number of hydrogen-bond acceptors (Lipinski definition) is 7. The van der Waals surface area contributed by atoms with Crippen LogP contribution in [0.5, 0.6) is 5.75 Å². The monoisotopic (exact) mass is 560 g/mol. The Kier molecular flexibility index (Phi) is 7.48. The van der Waals surface area contributed by atoms with Crippen LogP contribution in [0.2, 0.25) is 0 Å². The van der Waals surface area contributed by atoms with Crippen molar-refractivity contribution in [2.24, 2.45) is 0 Å². The maximum atomic E-state index is 13.3. The molecule has 1 unspecified atom stereocenters. The molecule has 1 aromatic heterocycles. The van der Waals surface area contributed by atoms with Crippen molar-refractivity contribution in [2.45, 2.75) is 56.6 Å². The van der Waals surface area contributed by atoms with Gasteiger partial charge in [0.2, 0.25) is 0 Å². The molecule has 1 aliphatic carbocycles. The van der Waals surface area contributed by atoms with Crippen molar-refractivity contribution in [1.29, 1.82) is 0 Å². The third-order valence-electron chi connectivity index (χ3n) is 9.20. The Hall–Kier alpha value is -4.02. The standard InChI is InChI=1S/C31H36N4O6/c1-18-5-10-23(26(37)25(18)30-15-22(36)11-13-31(30,41-4)19(2)35(3)17-30)27(38)32-14-12-20-6-8-21(9-7-20)24-16-33-29(40)34-28(24)39/h5-10,16,19,37H,11-15,17H2,1-4H3,(H,32,38)(H2,33,34,39,40)/t19-,30?,31-/m1/s1. The van der Waals surface area contributed by atoms with E-state index >= 15 is 0 Å². The van der Waals surface area contributed by atoms with Crippen LogP contribution in [-0.2, 0) is 21.4 Å². The van der Waals surface area contributed by atoms with Gasteiger partial charge in [0.1, 0.15) is 11.5 Å². The number of aryl methyl sites for hydroxylation is 1. The molecule has 216 valence electrons. The summed E-state index contributed by atoms with van der Waals surface area (Å²) in [6.07, 6.45) is 3.13. The first-order valence-electron chi connectivity index (χ1n) is 13.8. The number of phenolic OH excluding ortho intramolecular Hbond substituents is 1. The summed E-state index contributed by atoms with van der Waals surface area (Å²) in [6, 6.07) is 10.8. The number of carbonyl (C=O) groups excluding carboxylic acids is 2. The molecule has 10 nitrogen and oxygen atoms in total. The number of fused-ring (bicyclic) bond motifs is 1. The van der Waals surface area contributed by atoms with Gasteiger partial charge in [-0.05, 0) is 56.5 Å². The largest absolute Gasteiger partial charge is 0.507 e. The van der Waals surface area contributed by atoms with Crippen LogP contribution in [-0.4, -0.2) is 70.6 Å². The van der Waals surface area contributed by atoms with Gasteiger partial charge in [-0.1, -0.05) is 30.3 Å². The van der Waals surface area contributed by atoms with Crippen LogP contribution in [0.15, 0.2) is 52.2 Å². The van der Waals surface area contributed by atoms with Gasteiger partial charge in [0.05, 0.1) is 16.7 Å². The molecule has 41 heavy (non-hydrogen) atoms. The summed E-state index contributed by atoms with van der Waals surface area (Å²) in [5.41, 5.74) is 1.08. The second-order valence-corrected chi connectivity index (χ2v) is 11.3. The predicted molar refractivity (Wildman–Crippen MR) is 154 cm³/mol. The molecule has 0 radical (unpaired) electrons. The molecule has 1 saturated carbocycles. The van der Waals surface area contributed by atoms with Gasteiger partial charge in [-0.2, -0.15) is 0 Å². The molecular formula is C31H36N4O6. The van der Waals surface area contributed by atoms with Crippen LogP contribution in [0.4, 0.5) is 0 Å². The van der Waals surface area contributed by atoms with E-state index in [0.29, 0.717) is 49.0 Å². The molecule has 2 aliphatic rings. The number of aromatic amines is 2. The zero-order valence-corrected chi connectivity index (χ0v) is 23.8. The van der Waals surface area contributed by atoms with Crippen LogP contribution in [0.3, 0.4) is 0 Å². The number of likely N-dealkylation sites (N-methyl/N-ethyl adjacent to an activating group) is 1. The quantitative estimate of drug-likeness (QED) is 0.347. The molecule has 1 amide bonds. The van der Waals surface area contributed by atoms with Crippen LogP contribution >= 0.6 is 0 Å². The number of ether oxygens (including phenoxy) is 1. The Morgan fingerprint density at radius 3 is 2.59 bits per heavy atom. The van der Waals surface area contributed by atoms with Crippen molar-refractivity contribution in [1.82, 2.24) is 20.2 Å². The minimum absolute atomic E-state index is 0.0193. The lowest BCUT2D eigenvalue weighted by Gasteiger charge is -2.50. The number of aromatic nitrogens is 2. The minimum atomic E-state index is -0.773. The first-order valence-corrected chi connectivity index (χ1v) is 13.8. The fourth-order valence-electron chi connectivity index (χ4n) is 7.07. The SMILES string of the molecule is CO[C@@]12CCC(=O)CC1(c1c(C)ccc(C(=O)NCCc3ccc(-c4c[nH]c(=O)[nH]c4=O)cc3)c1O)CN(C)[C@@H]2C. The number of rotatable bonds is 7. The molecule has 1 aliphatic heterocycles. The number of nitrogens with zero attached hydrogens (tertiary/aromatic N) is 1. The smallest absolute Gasteiger partial charge is 0.325 e. The number of ketones is 1. The average Bonchev–Trinajstić information content (AvgIpc) is 3.15. The molecule has 10 heteroatoms. The molecular weight excluding hydrogens is 524 g/mol. The third kappa shape index (κ3) is 4.70. The number of Topliss-reactive ketones (excluding diaryl/α,β-unsaturated/α-hetero) is 1. The molecule has 0 spiro atoms. The van der Waals surface area contributed by atoms with Crippen molar-refractivity contribution in [3.8, 4) is 16.9 Å². The van der Waals surface area contributed by atoms with Crippen molar-refractivity contribution >= 4 is 11.7 Å². The van der Waals surface area contributed by atoms with Crippen molar-refractivity contribution in [3.63, 3.8) is 0 Å². The van der Waals surface area contributed by atoms with Crippen molar-refractivity contribution in [3.05, 3.63) is 85.7 Å². The zero-order chi connectivity index (χ0) is 29.5.